The molecule has 1 atom stereocenters. The maximum absolute atomic E-state index is 11.7. The second kappa shape index (κ2) is 5.09. The van der Waals surface area contributed by atoms with Gasteiger partial charge in [-0.1, -0.05) is 0 Å². The average molecular weight is 210 g/mol. The standard InChI is InChI=1S/C11H18N2O2/c1-9(14)6-13(3)8-11(15)10-4-5-12(2)7-10/h4-5,7,9,14H,6,8H2,1-3H3. The molecule has 0 spiro atoms. The second-order valence-corrected chi connectivity index (χ2v) is 4.03. The van der Waals surface area contributed by atoms with Gasteiger partial charge in [-0.3, -0.25) is 9.69 Å². The lowest BCUT2D eigenvalue weighted by atomic mass is 10.2. The molecule has 0 amide bonds. The second-order valence-electron chi connectivity index (χ2n) is 4.03. The van der Waals surface area contributed by atoms with Gasteiger partial charge in [0.05, 0.1) is 12.6 Å². The normalized spacial score (nSPS) is 13.1. The van der Waals surface area contributed by atoms with E-state index >= 15 is 0 Å². The van der Waals surface area contributed by atoms with E-state index in [4.69, 9.17) is 5.11 Å². The average Bonchev–Trinajstić information content (AvgIpc) is 2.49. The van der Waals surface area contributed by atoms with Crippen LogP contribution in [0.5, 0.6) is 0 Å². The summed E-state index contributed by atoms with van der Waals surface area (Å²) in [4.78, 5) is 13.5. The van der Waals surface area contributed by atoms with E-state index in [1.54, 1.807) is 19.2 Å². The van der Waals surface area contributed by atoms with E-state index in [0.717, 1.165) is 5.56 Å². The number of Topliss-reactive ketones (excluding diaryl/α,β-unsaturated/α-hetero) is 1. The molecule has 84 valence electrons. The highest BCUT2D eigenvalue weighted by molar-refractivity contribution is 5.97. The SMILES string of the molecule is CC(O)CN(C)CC(=O)c1ccn(C)c1. The molecule has 0 saturated carbocycles. The summed E-state index contributed by atoms with van der Waals surface area (Å²) in [6, 6.07) is 1.80. The third-order valence-electron chi connectivity index (χ3n) is 2.14. The summed E-state index contributed by atoms with van der Waals surface area (Å²) < 4.78 is 1.85. The summed E-state index contributed by atoms with van der Waals surface area (Å²) in [6.07, 6.45) is 3.25. The first-order valence-corrected chi connectivity index (χ1v) is 5.01. The first kappa shape index (κ1) is 11.9. The Morgan fingerprint density at radius 1 is 1.67 bits per heavy atom. The van der Waals surface area contributed by atoms with Crippen molar-refractivity contribution in [1.82, 2.24) is 9.47 Å². The summed E-state index contributed by atoms with van der Waals surface area (Å²) in [5, 5.41) is 9.15. The maximum Gasteiger partial charge on any atom is 0.178 e. The van der Waals surface area contributed by atoms with E-state index in [0.29, 0.717) is 13.1 Å². The lowest BCUT2D eigenvalue weighted by Gasteiger charge is -2.16. The molecule has 0 aliphatic carbocycles. The van der Waals surface area contributed by atoms with Gasteiger partial charge in [-0.15, -0.1) is 0 Å². The Bertz CT molecular complexity index is 331. The molecule has 1 aromatic rings. The van der Waals surface area contributed by atoms with Crippen molar-refractivity contribution in [3.63, 3.8) is 0 Å². The van der Waals surface area contributed by atoms with Gasteiger partial charge in [0.15, 0.2) is 5.78 Å². The van der Waals surface area contributed by atoms with Crippen LogP contribution in [0.25, 0.3) is 0 Å². The van der Waals surface area contributed by atoms with Crippen molar-refractivity contribution in [3.8, 4) is 0 Å². The third kappa shape index (κ3) is 3.85. The molecule has 0 aliphatic rings. The lowest BCUT2D eigenvalue weighted by Crippen LogP contribution is -2.31. The van der Waals surface area contributed by atoms with Crippen molar-refractivity contribution < 1.29 is 9.90 Å². The number of nitrogens with zero attached hydrogens (tertiary/aromatic N) is 2. The summed E-state index contributed by atoms with van der Waals surface area (Å²) in [7, 11) is 3.71. The van der Waals surface area contributed by atoms with Crippen molar-refractivity contribution >= 4 is 5.78 Å². The predicted octanol–water partition coefficient (Wildman–Crippen LogP) is 0.520. The number of carbonyl (C=O) groups is 1. The molecule has 1 heterocycles. The van der Waals surface area contributed by atoms with Gasteiger partial charge in [0.25, 0.3) is 0 Å². The van der Waals surface area contributed by atoms with Gasteiger partial charge in [-0.05, 0) is 20.0 Å². The number of aliphatic hydroxyl groups is 1. The Labute approximate surface area is 90.1 Å². The van der Waals surface area contributed by atoms with Gasteiger partial charge >= 0.3 is 0 Å². The molecule has 4 heteroatoms. The van der Waals surface area contributed by atoms with Crippen LogP contribution in [0.4, 0.5) is 0 Å². The fourth-order valence-corrected chi connectivity index (χ4v) is 1.52. The molecular formula is C11H18N2O2. The molecule has 15 heavy (non-hydrogen) atoms. The third-order valence-corrected chi connectivity index (χ3v) is 2.14. The molecule has 0 fully saturated rings. The molecule has 1 unspecified atom stereocenters. The predicted molar refractivity (Wildman–Crippen MR) is 58.9 cm³/mol. The molecule has 1 aromatic heterocycles. The highest BCUT2D eigenvalue weighted by Crippen LogP contribution is 2.02. The van der Waals surface area contributed by atoms with Crippen LogP contribution in [0.15, 0.2) is 18.5 Å². The Morgan fingerprint density at radius 2 is 2.33 bits per heavy atom. The molecule has 1 rings (SSSR count). The highest BCUT2D eigenvalue weighted by atomic mass is 16.3. The smallest absolute Gasteiger partial charge is 0.178 e. The fourth-order valence-electron chi connectivity index (χ4n) is 1.52. The molecule has 0 radical (unpaired) electrons. The first-order valence-electron chi connectivity index (χ1n) is 5.01. The number of rotatable bonds is 5. The number of carbonyl (C=O) groups excluding carboxylic acids is 1. The summed E-state index contributed by atoms with van der Waals surface area (Å²) in [6.45, 7) is 2.57. The maximum atomic E-state index is 11.7. The van der Waals surface area contributed by atoms with Crippen LogP contribution in [0.1, 0.15) is 17.3 Å². The van der Waals surface area contributed by atoms with Gasteiger partial charge in [0.1, 0.15) is 0 Å². The van der Waals surface area contributed by atoms with Crippen LogP contribution in [-0.2, 0) is 7.05 Å². The number of aromatic nitrogens is 1. The van der Waals surface area contributed by atoms with Crippen LogP contribution in [0.3, 0.4) is 0 Å². The summed E-state index contributed by atoms with van der Waals surface area (Å²) in [5.74, 6) is 0.0822. The van der Waals surface area contributed by atoms with E-state index < -0.39 is 6.10 Å². The number of likely N-dealkylation sites (N-methyl/N-ethyl adjacent to an activating group) is 1. The van der Waals surface area contributed by atoms with Gasteiger partial charge in [-0.2, -0.15) is 0 Å². The zero-order valence-corrected chi connectivity index (χ0v) is 9.47. The summed E-state index contributed by atoms with van der Waals surface area (Å²) >= 11 is 0. The van der Waals surface area contributed by atoms with E-state index in [-0.39, 0.29) is 5.78 Å². The Hall–Kier alpha value is -1.13. The van der Waals surface area contributed by atoms with Gasteiger partial charge < -0.3 is 9.67 Å². The van der Waals surface area contributed by atoms with Crippen molar-refractivity contribution in [3.05, 3.63) is 24.0 Å². The molecule has 0 aliphatic heterocycles. The zero-order chi connectivity index (χ0) is 11.4. The lowest BCUT2D eigenvalue weighted by molar-refractivity contribution is 0.0901. The Kier molecular flexibility index (Phi) is 4.05. The molecular weight excluding hydrogens is 192 g/mol. The van der Waals surface area contributed by atoms with E-state index in [2.05, 4.69) is 0 Å². The molecule has 0 bridgehead atoms. The van der Waals surface area contributed by atoms with Gasteiger partial charge in [0, 0.05) is 31.5 Å². The summed E-state index contributed by atoms with van der Waals surface area (Å²) in [5.41, 5.74) is 0.718. The van der Waals surface area contributed by atoms with Crippen LogP contribution >= 0.6 is 0 Å². The number of aryl methyl sites for hydroxylation is 1. The quantitative estimate of drug-likeness (QED) is 0.721. The van der Waals surface area contributed by atoms with Crippen LogP contribution < -0.4 is 0 Å². The minimum Gasteiger partial charge on any atom is -0.392 e. The number of hydrogen-bond acceptors (Lipinski definition) is 3. The Morgan fingerprint density at radius 3 is 2.80 bits per heavy atom. The van der Waals surface area contributed by atoms with Crippen molar-refractivity contribution in [1.29, 1.82) is 0 Å². The topological polar surface area (TPSA) is 45.5 Å². The number of ketones is 1. The zero-order valence-electron chi connectivity index (χ0n) is 9.47. The molecule has 1 N–H and O–H groups in total. The fraction of sp³-hybridized carbons (Fsp3) is 0.545. The highest BCUT2D eigenvalue weighted by Gasteiger charge is 2.11. The van der Waals surface area contributed by atoms with E-state index in [1.807, 2.05) is 29.8 Å². The minimum atomic E-state index is -0.404. The van der Waals surface area contributed by atoms with E-state index in [9.17, 15) is 4.79 Å². The van der Waals surface area contributed by atoms with Crippen molar-refractivity contribution in [2.75, 3.05) is 20.1 Å². The number of aliphatic hydroxyl groups excluding tert-OH is 1. The van der Waals surface area contributed by atoms with Crippen molar-refractivity contribution in [2.45, 2.75) is 13.0 Å². The van der Waals surface area contributed by atoms with E-state index in [1.165, 1.54) is 0 Å². The minimum absolute atomic E-state index is 0.0822. The van der Waals surface area contributed by atoms with Gasteiger partial charge in [-0.25, -0.2) is 0 Å². The van der Waals surface area contributed by atoms with Crippen molar-refractivity contribution in [2.24, 2.45) is 7.05 Å². The molecule has 0 aromatic carbocycles. The monoisotopic (exact) mass is 210 g/mol. The molecule has 4 nitrogen and oxygen atoms in total. The van der Waals surface area contributed by atoms with Crippen LogP contribution in [0, 0.1) is 0 Å². The largest absolute Gasteiger partial charge is 0.392 e. The molecule has 0 saturated heterocycles. The van der Waals surface area contributed by atoms with Crippen LogP contribution in [-0.4, -0.2) is 46.6 Å². The Balaban J connectivity index is 2.49. The number of hydrogen-bond donors (Lipinski definition) is 1. The van der Waals surface area contributed by atoms with Gasteiger partial charge in [0.2, 0.25) is 0 Å². The first-order chi connectivity index (χ1) is 6.99. The van der Waals surface area contributed by atoms with Crippen LogP contribution in [0.2, 0.25) is 0 Å².